The summed E-state index contributed by atoms with van der Waals surface area (Å²) in [4.78, 5) is 30.5. The van der Waals surface area contributed by atoms with Crippen LogP contribution in [0.5, 0.6) is 0 Å². The van der Waals surface area contributed by atoms with Crippen LogP contribution in [0.3, 0.4) is 0 Å². The molecule has 4 rings (SSSR count). The molecule has 1 amide bonds. The van der Waals surface area contributed by atoms with Crippen molar-refractivity contribution in [3.8, 4) is 10.6 Å². The lowest BCUT2D eigenvalue weighted by molar-refractivity contribution is -0.383. The number of nitrogens with zero attached hydrogens (tertiary/aromatic N) is 2. The van der Waals surface area contributed by atoms with Crippen molar-refractivity contribution in [2.75, 3.05) is 5.32 Å². The van der Waals surface area contributed by atoms with E-state index in [0.29, 0.717) is 22.2 Å². The second-order valence-electron chi connectivity index (χ2n) is 6.21. The number of para-hydroxylation sites is 3. The predicted molar refractivity (Wildman–Crippen MR) is 111 cm³/mol. The number of rotatable bonds is 4. The van der Waals surface area contributed by atoms with Crippen molar-refractivity contribution >= 4 is 39.5 Å². The Bertz CT molecular complexity index is 1220. The smallest absolute Gasteiger partial charge is 0.292 e. The number of nitro groups is 1. The summed E-state index contributed by atoms with van der Waals surface area (Å²) >= 11 is 1.60. The molecule has 0 saturated heterocycles. The first-order chi connectivity index (χ1) is 13.5. The Labute approximate surface area is 164 Å². The molecule has 0 saturated carbocycles. The second-order valence-corrected chi connectivity index (χ2v) is 7.50. The molecule has 2 aromatic carbocycles. The summed E-state index contributed by atoms with van der Waals surface area (Å²) in [5.41, 5.74) is 1.82. The number of nitrogens with one attached hydrogen (secondary N) is 1. The summed E-state index contributed by atoms with van der Waals surface area (Å²) in [6.07, 6.45) is 0. The lowest BCUT2D eigenvalue weighted by Crippen LogP contribution is -2.14. The number of hydrogen-bond donors (Lipinski definition) is 1. The van der Waals surface area contributed by atoms with Crippen LogP contribution in [-0.2, 0) is 0 Å². The molecule has 2 heterocycles. The van der Waals surface area contributed by atoms with E-state index in [1.807, 2.05) is 43.3 Å². The molecule has 0 fully saturated rings. The molecular formula is C21H15N3O3S. The van der Waals surface area contributed by atoms with Crippen molar-refractivity contribution in [1.29, 1.82) is 0 Å². The van der Waals surface area contributed by atoms with Crippen molar-refractivity contribution in [3.63, 3.8) is 0 Å². The first-order valence-electron chi connectivity index (χ1n) is 8.54. The quantitative estimate of drug-likeness (QED) is 0.372. The van der Waals surface area contributed by atoms with Crippen LogP contribution in [0.25, 0.3) is 21.5 Å². The number of hydrogen-bond acceptors (Lipinski definition) is 5. The number of amides is 1. The van der Waals surface area contributed by atoms with E-state index in [2.05, 4.69) is 10.3 Å². The number of thiophene rings is 1. The minimum atomic E-state index is -0.514. The molecule has 138 valence electrons. The zero-order valence-corrected chi connectivity index (χ0v) is 15.7. The van der Waals surface area contributed by atoms with Gasteiger partial charge in [-0.3, -0.25) is 14.9 Å². The molecule has 0 atom stereocenters. The SMILES string of the molecule is Cc1ccc(-c2cc(C(=O)Nc3ccccc3[N+](=O)[O-])c3ccccc3n2)s1. The first-order valence-corrected chi connectivity index (χ1v) is 9.36. The summed E-state index contributed by atoms with van der Waals surface area (Å²) < 4.78 is 0. The van der Waals surface area contributed by atoms with Gasteiger partial charge in [-0.15, -0.1) is 11.3 Å². The highest BCUT2D eigenvalue weighted by molar-refractivity contribution is 7.15. The lowest BCUT2D eigenvalue weighted by Gasteiger charge is -2.10. The third-order valence-corrected chi connectivity index (χ3v) is 5.33. The topological polar surface area (TPSA) is 85.1 Å². The average molecular weight is 389 g/mol. The number of nitro benzene ring substituents is 1. The number of aromatic nitrogens is 1. The van der Waals surface area contributed by atoms with Gasteiger partial charge in [-0.25, -0.2) is 4.98 Å². The number of aryl methyl sites for hydroxylation is 1. The van der Waals surface area contributed by atoms with Gasteiger partial charge in [0, 0.05) is 16.3 Å². The van der Waals surface area contributed by atoms with Gasteiger partial charge in [0.1, 0.15) is 5.69 Å². The Balaban J connectivity index is 1.81. The fourth-order valence-electron chi connectivity index (χ4n) is 2.99. The number of benzene rings is 2. The van der Waals surface area contributed by atoms with E-state index < -0.39 is 10.8 Å². The third kappa shape index (κ3) is 3.35. The predicted octanol–water partition coefficient (Wildman–Crippen LogP) is 5.43. The van der Waals surface area contributed by atoms with E-state index in [-0.39, 0.29) is 11.4 Å². The Kier molecular flexibility index (Phi) is 4.58. The van der Waals surface area contributed by atoms with Crippen LogP contribution in [0.4, 0.5) is 11.4 Å². The van der Waals surface area contributed by atoms with Gasteiger partial charge in [-0.2, -0.15) is 0 Å². The van der Waals surface area contributed by atoms with Crippen LogP contribution in [0.15, 0.2) is 66.7 Å². The fourth-order valence-corrected chi connectivity index (χ4v) is 3.82. The molecule has 0 aliphatic rings. The summed E-state index contributed by atoms with van der Waals surface area (Å²) in [5.74, 6) is -0.414. The summed E-state index contributed by atoms with van der Waals surface area (Å²) in [5, 5.41) is 14.6. The maximum atomic E-state index is 13.0. The minimum absolute atomic E-state index is 0.150. The van der Waals surface area contributed by atoms with Gasteiger partial charge in [-0.1, -0.05) is 30.3 Å². The van der Waals surface area contributed by atoms with E-state index in [0.717, 1.165) is 9.75 Å². The van der Waals surface area contributed by atoms with Gasteiger partial charge in [-0.05, 0) is 37.3 Å². The molecule has 0 bridgehead atoms. The molecule has 0 radical (unpaired) electrons. The molecule has 0 spiro atoms. The van der Waals surface area contributed by atoms with E-state index >= 15 is 0 Å². The number of fused-ring (bicyclic) bond motifs is 1. The van der Waals surface area contributed by atoms with Crippen LogP contribution < -0.4 is 5.32 Å². The first kappa shape index (κ1) is 17.8. The van der Waals surface area contributed by atoms with Crippen LogP contribution in [0, 0.1) is 17.0 Å². The largest absolute Gasteiger partial charge is 0.316 e. The van der Waals surface area contributed by atoms with E-state index in [1.54, 1.807) is 29.5 Å². The van der Waals surface area contributed by atoms with Crippen LogP contribution in [0.2, 0.25) is 0 Å². The standard InChI is InChI=1S/C21H15N3O3S/c1-13-10-11-20(28-13)18-12-15(14-6-2-3-7-16(14)22-18)21(25)23-17-8-4-5-9-19(17)24(26)27/h2-12H,1H3,(H,23,25). The van der Waals surface area contributed by atoms with Crippen molar-refractivity contribution < 1.29 is 9.72 Å². The minimum Gasteiger partial charge on any atom is -0.316 e. The molecule has 7 heteroatoms. The van der Waals surface area contributed by atoms with Gasteiger partial charge in [0.05, 0.1) is 26.6 Å². The Morgan fingerprint density at radius 2 is 1.82 bits per heavy atom. The van der Waals surface area contributed by atoms with Crippen LogP contribution in [-0.4, -0.2) is 15.8 Å². The molecule has 0 aliphatic heterocycles. The normalized spacial score (nSPS) is 10.8. The number of pyridine rings is 1. The van der Waals surface area contributed by atoms with Crippen molar-refractivity contribution in [2.24, 2.45) is 0 Å². The third-order valence-electron chi connectivity index (χ3n) is 4.30. The second kappa shape index (κ2) is 7.21. The Morgan fingerprint density at radius 1 is 1.07 bits per heavy atom. The molecule has 4 aromatic rings. The van der Waals surface area contributed by atoms with Crippen LogP contribution in [0.1, 0.15) is 15.2 Å². The molecule has 0 unspecified atom stereocenters. The number of carbonyl (C=O) groups is 1. The van der Waals surface area contributed by atoms with Crippen molar-refractivity contribution in [2.45, 2.75) is 6.92 Å². The van der Waals surface area contributed by atoms with Gasteiger partial charge >= 0.3 is 0 Å². The fraction of sp³-hybridized carbons (Fsp3) is 0.0476. The number of carbonyl (C=O) groups excluding carboxylic acids is 1. The summed E-state index contributed by atoms with van der Waals surface area (Å²) in [7, 11) is 0. The van der Waals surface area contributed by atoms with Crippen molar-refractivity contribution in [3.05, 3.63) is 87.3 Å². The van der Waals surface area contributed by atoms with Gasteiger partial charge in [0.15, 0.2) is 0 Å². The lowest BCUT2D eigenvalue weighted by atomic mass is 10.1. The van der Waals surface area contributed by atoms with Crippen molar-refractivity contribution in [1.82, 2.24) is 4.98 Å². The highest BCUT2D eigenvalue weighted by Gasteiger charge is 2.19. The molecule has 1 N–H and O–H groups in total. The molecule has 0 aliphatic carbocycles. The maximum Gasteiger partial charge on any atom is 0.292 e. The maximum absolute atomic E-state index is 13.0. The van der Waals surface area contributed by atoms with E-state index in [4.69, 9.17) is 0 Å². The highest BCUT2D eigenvalue weighted by atomic mass is 32.1. The average Bonchev–Trinajstić information content (AvgIpc) is 3.13. The van der Waals surface area contributed by atoms with Gasteiger partial charge in [0.25, 0.3) is 11.6 Å². The van der Waals surface area contributed by atoms with Gasteiger partial charge in [0.2, 0.25) is 0 Å². The van der Waals surface area contributed by atoms with Gasteiger partial charge < -0.3 is 5.32 Å². The van der Waals surface area contributed by atoms with E-state index in [9.17, 15) is 14.9 Å². The summed E-state index contributed by atoms with van der Waals surface area (Å²) in [6.45, 7) is 2.01. The zero-order valence-electron chi connectivity index (χ0n) is 14.9. The highest BCUT2D eigenvalue weighted by Crippen LogP contribution is 2.31. The Morgan fingerprint density at radius 3 is 2.57 bits per heavy atom. The monoisotopic (exact) mass is 389 g/mol. The Hall–Kier alpha value is -3.58. The molecule has 6 nitrogen and oxygen atoms in total. The van der Waals surface area contributed by atoms with Crippen LogP contribution >= 0.6 is 11.3 Å². The molecule has 28 heavy (non-hydrogen) atoms. The summed E-state index contributed by atoms with van der Waals surface area (Å²) in [6, 6.07) is 19.2. The molecular weight excluding hydrogens is 374 g/mol. The zero-order chi connectivity index (χ0) is 19.7. The van der Waals surface area contributed by atoms with E-state index in [1.165, 1.54) is 12.1 Å². The molecule has 2 aromatic heterocycles. The number of anilines is 1.